The van der Waals surface area contributed by atoms with E-state index in [1.54, 1.807) is 6.07 Å². The Morgan fingerprint density at radius 3 is 2.47 bits per heavy atom. The summed E-state index contributed by atoms with van der Waals surface area (Å²) >= 11 is 0. The number of carbonyl (C=O) groups excluding carboxylic acids is 1. The normalized spacial score (nSPS) is 16.9. The van der Waals surface area contributed by atoms with Crippen molar-refractivity contribution in [1.29, 1.82) is 0 Å². The van der Waals surface area contributed by atoms with Crippen molar-refractivity contribution in [3.05, 3.63) is 29.8 Å². The van der Waals surface area contributed by atoms with Crippen molar-refractivity contribution in [3.8, 4) is 5.75 Å². The number of hydrogen-bond donors (Lipinski definition) is 3. The smallest absolute Gasteiger partial charge is 0.329 e. The Kier molecular flexibility index (Phi) is 2.75. The standard InChI is InChI=1S/C12H13NO4/c14-9-4-1-3-8(7-9)10(15)13-12(11(16)17)5-2-6-12/h1,3-4,7,14H,2,5-6H2,(H,13,15)(H,16,17). The first-order chi connectivity index (χ1) is 8.03. The number of carboxylic acids is 1. The molecule has 1 aromatic carbocycles. The number of aliphatic carboxylic acids is 1. The van der Waals surface area contributed by atoms with Crippen molar-refractivity contribution in [1.82, 2.24) is 5.32 Å². The second kappa shape index (κ2) is 4.08. The van der Waals surface area contributed by atoms with Gasteiger partial charge in [-0.25, -0.2) is 4.79 Å². The number of aromatic hydroxyl groups is 1. The first-order valence-electron chi connectivity index (χ1n) is 5.38. The van der Waals surface area contributed by atoms with Gasteiger partial charge in [-0.05, 0) is 37.5 Å². The number of nitrogens with one attached hydrogen (secondary N) is 1. The van der Waals surface area contributed by atoms with Crippen LogP contribution in [0, 0.1) is 0 Å². The highest BCUT2D eigenvalue weighted by Gasteiger charge is 2.45. The molecule has 5 nitrogen and oxygen atoms in total. The van der Waals surface area contributed by atoms with Crippen LogP contribution in [0.1, 0.15) is 29.6 Å². The van der Waals surface area contributed by atoms with Gasteiger partial charge in [0.05, 0.1) is 0 Å². The van der Waals surface area contributed by atoms with E-state index in [-0.39, 0.29) is 11.3 Å². The second-order valence-corrected chi connectivity index (χ2v) is 4.25. The zero-order valence-electron chi connectivity index (χ0n) is 9.14. The lowest BCUT2D eigenvalue weighted by atomic mass is 9.76. The third kappa shape index (κ3) is 2.08. The number of phenols is 1. The fourth-order valence-electron chi connectivity index (χ4n) is 1.86. The molecule has 1 aliphatic carbocycles. The maximum Gasteiger partial charge on any atom is 0.329 e. The van der Waals surface area contributed by atoms with E-state index < -0.39 is 17.4 Å². The maximum atomic E-state index is 11.8. The van der Waals surface area contributed by atoms with Crippen LogP contribution in [0.15, 0.2) is 24.3 Å². The highest BCUT2D eigenvalue weighted by Crippen LogP contribution is 2.32. The van der Waals surface area contributed by atoms with Gasteiger partial charge in [-0.15, -0.1) is 0 Å². The van der Waals surface area contributed by atoms with Gasteiger partial charge < -0.3 is 15.5 Å². The molecule has 5 heteroatoms. The van der Waals surface area contributed by atoms with Crippen molar-refractivity contribution in [2.45, 2.75) is 24.8 Å². The molecule has 0 aromatic heterocycles. The van der Waals surface area contributed by atoms with Gasteiger partial charge in [0.15, 0.2) is 0 Å². The molecule has 0 atom stereocenters. The van der Waals surface area contributed by atoms with Gasteiger partial charge in [0.1, 0.15) is 11.3 Å². The molecule has 90 valence electrons. The molecular formula is C12H13NO4. The van der Waals surface area contributed by atoms with Crippen LogP contribution in [-0.4, -0.2) is 27.6 Å². The first-order valence-corrected chi connectivity index (χ1v) is 5.38. The van der Waals surface area contributed by atoms with E-state index in [1.165, 1.54) is 18.2 Å². The van der Waals surface area contributed by atoms with Gasteiger partial charge in [-0.1, -0.05) is 6.07 Å². The molecule has 0 saturated heterocycles. The number of phenolic OH excluding ortho intramolecular Hbond substituents is 1. The second-order valence-electron chi connectivity index (χ2n) is 4.25. The van der Waals surface area contributed by atoms with Gasteiger partial charge >= 0.3 is 5.97 Å². The summed E-state index contributed by atoms with van der Waals surface area (Å²) in [5.41, 5.74) is -0.861. The van der Waals surface area contributed by atoms with Crippen LogP contribution in [0.4, 0.5) is 0 Å². The van der Waals surface area contributed by atoms with E-state index in [0.717, 1.165) is 6.42 Å². The monoisotopic (exact) mass is 235 g/mol. The largest absolute Gasteiger partial charge is 0.508 e. The van der Waals surface area contributed by atoms with Crippen LogP contribution in [0.2, 0.25) is 0 Å². The van der Waals surface area contributed by atoms with Crippen LogP contribution >= 0.6 is 0 Å². The number of rotatable bonds is 3. The van der Waals surface area contributed by atoms with Gasteiger partial charge in [0, 0.05) is 5.56 Å². The molecule has 1 saturated carbocycles. The van der Waals surface area contributed by atoms with Gasteiger partial charge in [-0.3, -0.25) is 4.79 Å². The highest BCUT2D eigenvalue weighted by atomic mass is 16.4. The molecule has 1 aliphatic rings. The zero-order chi connectivity index (χ0) is 12.5. The molecule has 0 heterocycles. The molecule has 17 heavy (non-hydrogen) atoms. The van der Waals surface area contributed by atoms with E-state index in [4.69, 9.17) is 5.11 Å². The Balaban J connectivity index is 2.14. The lowest BCUT2D eigenvalue weighted by Gasteiger charge is -2.38. The minimum Gasteiger partial charge on any atom is -0.508 e. The summed E-state index contributed by atoms with van der Waals surface area (Å²) < 4.78 is 0. The molecule has 0 unspecified atom stereocenters. The quantitative estimate of drug-likeness (QED) is 0.733. The van der Waals surface area contributed by atoms with Gasteiger partial charge in [0.25, 0.3) is 5.91 Å². The number of amides is 1. The summed E-state index contributed by atoms with van der Waals surface area (Å²) in [6.45, 7) is 0. The number of hydrogen-bond acceptors (Lipinski definition) is 3. The van der Waals surface area contributed by atoms with Crippen molar-refractivity contribution >= 4 is 11.9 Å². The minimum absolute atomic E-state index is 0.0179. The topological polar surface area (TPSA) is 86.6 Å². The molecule has 0 bridgehead atoms. The lowest BCUT2D eigenvalue weighted by molar-refractivity contribution is -0.148. The van der Waals surface area contributed by atoms with Gasteiger partial charge in [0.2, 0.25) is 0 Å². The highest BCUT2D eigenvalue weighted by molar-refractivity contribution is 5.98. The summed E-state index contributed by atoms with van der Waals surface area (Å²) in [4.78, 5) is 22.9. The van der Waals surface area contributed by atoms with Gasteiger partial charge in [-0.2, -0.15) is 0 Å². The minimum atomic E-state index is -1.12. The predicted molar refractivity (Wildman–Crippen MR) is 59.8 cm³/mol. The van der Waals surface area contributed by atoms with Crippen LogP contribution in [0.25, 0.3) is 0 Å². The summed E-state index contributed by atoms with van der Waals surface area (Å²) in [5.74, 6) is -1.49. The summed E-state index contributed by atoms with van der Waals surface area (Å²) in [6, 6.07) is 5.83. The van der Waals surface area contributed by atoms with Crippen LogP contribution < -0.4 is 5.32 Å². The van der Waals surface area contributed by atoms with E-state index in [2.05, 4.69) is 5.32 Å². The van der Waals surface area contributed by atoms with E-state index in [1.807, 2.05) is 0 Å². The SMILES string of the molecule is O=C(NC1(C(=O)O)CCC1)c1cccc(O)c1. The fraction of sp³-hybridized carbons (Fsp3) is 0.333. The van der Waals surface area contributed by atoms with Crippen molar-refractivity contribution in [3.63, 3.8) is 0 Å². The third-order valence-electron chi connectivity index (χ3n) is 3.08. The Hall–Kier alpha value is -2.04. The Morgan fingerprint density at radius 1 is 1.29 bits per heavy atom. The molecule has 1 amide bonds. The summed E-state index contributed by atoms with van der Waals surface area (Å²) in [7, 11) is 0. The molecule has 1 aromatic rings. The molecule has 0 aliphatic heterocycles. The molecular weight excluding hydrogens is 222 g/mol. The predicted octanol–water partition coefficient (Wildman–Crippen LogP) is 1.13. The average Bonchev–Trinajstić information content (AvgIpc) is 2.22. The Morgan fingerprint density at radius 2 is 2.00 bits per heavy atom. The maximum absolute atomic E-state index is 11.8. The molecule has 2 rings (SSSR count). The number of benzene rings is 1. The average molecular weight is 235 g/mol. The summed E-state index contributed by atoms with van der Waals surface area (Å²) in [6.07, 6.45) is 1.70. The van der Waals surface area contributed by atoms with Crippen molar-refractivity contribution in [2.75, 3.05) is 0 Å². The molecule has 0 spiro atoms. The zero-order valence-corrected chi connectivity index (χ0v) is 9.14. The first kappa shape index (κ1) is 11.4. The fourth-order valence-corrected chi connectivity index (χ4v) is 1.86. The third-order valence-corrected chi connectivity index (χ3v) is 3.08. The van der Waals surface area contributed by atoms with E-state index in [9.17, 15) is 14.7 Å². The number of carbonyl (C=O) groups is 2. The van der Waals surface area contributed by atoms with Crippen LogP contribution in [0.5, 0.6) is 5.75 Å². The van der Waals surface area contributed by atoms with E-state index in [0.29, 0.717) is 12.8 Å². The summed E-state index contributed by atoms with van der Waals surface area (Å²) in [5, 5.41) is 20.8. The Labute approximate surface area is 98.1 Å². The molecule has 0 radical (unpaired) electrons. The van der Waals surface area contributed by atoms with Crippen LogP contribution in [0.3, 0.4) is 0 Å². The van der Waals surface area contributed by atoms with Crippen molar-refractivity contribution in [2.24, 2.45) is 0 Å². The number of carboxylic acid groups (broad SMARTS) is 1. The van der Waals surface area contributed by atoms with Crippen LogP contribution in [-0.2, 0) is 4.79 Å². The van der Waals surface area contributed by atoms with E-state index >= 15 is 0 Å². The molecule has 1 fully saturated rings. The van der Waals surface area contributed by atoms with Crippen molar-refractivity contribution < 1.29 is 19.8 Å². The lowest BCUT2D eigenvalue weighted by Crippen LogP contribution is -2.59. The molecule has 3 N–H and O–H groups in total. The Bertz CT molecular complexity index is 465.